The van der Waals surface area contributed by atoms with E-state index in [9.17, 15) is 4.39 Å². The summed E-state index contributed by atoms with van der Waals surface area (Å²) >= 11 is 5.74. The molecule has 0 amide bonds. The third kappa shape index (κ3) is 2.54. The highest BCUT2D eigenvalue weighted by Gasteiger charge is 2.27. The minimum atomic E-state index is -0.394. The van der Waals surface area contributed by atoms with Gasteiger partial charge in [0.1, 0.15) is 5.82 Å². The van der Waals surface area contributed by atoms with Crippen molar-refractivity contribution in [2.45, 2.75) is 25.5 Å². The van der Waals surface area contributed by atoms with Gasteiger partial charge in [-0.05, 0) is 31.5 Å². The smallest absolute Gasteiger partial charge is 0.141 e. The molecule has 2 rings (SSSR count). The van der Waals surface area contributed by atoms with Crippen molar-refractivity contribution in [2.24, 2.45) is 0 Å². The molecule has 0 radical (unpaired) electrons. The molecule has 1 saturated heterocycles. The quantitative estimate of drug-likeness (QED) is 0.819. The first-order valence-electron chi connectivity index (χ1n) is 5.29. The van der Waals surface area contributed by atoms with Gasteiger partial charge in [-0.2, -0.15) is 0 Å². The van der Waals surface area contributed by atoms with E-state index in [-0.39, 0.29) is 16.7 Å². The van der Waals surface area contributed by atoms with Crippen LogP contribution >= 0.6 is 11.6 Å². The van der Waals surface area contributed by atoms with Crippen molar-refractivity contribution in [1.29, 1.82) is 0 Å². The Morgan fingerprint density at radius 1 is 1.50 bits per heavy atom. The first kappa shape index (κ1) is 11.8. The van der Waals surface area contributed by atoms with Crippen LogP contribution in [0.5, 0.6) is 0 Å². The van der Waals surface area contributed by atoms with E-state index in [1.165, 1.54) is 6.07 Å². The van der Waals surface area contributed by atoms with Crippen LogP contribution in [0.1, 0.15) is 25.5 Å². The second-order valence-electron chi connectivity index (χ2n) is 4.74. The molecule has 1 heterocycles. The van der Waals surface area contributed by atoms with Crippen LogP contribution in [-0.4, -0.2) is 18.7 Å². The van der Waals surface area contributed by atoms with Gasteiger partial charge in [0.2, 0.25) is 0 Å². The summed E-state index contributed by atoms with van der Waals surface area (Å²) in [7, 11) is 0. The number of nitrogens with one attached hydrogen (secondary N) is 1. The maximum absolute atomic E-state index is 13.0. The van der Waals surface area contributed by atoms with E-state index in [4.69, 9.17) is 16.3 Å². The lowest BCUT2D eigenvalue weighted by Crippen LogP contribution is -2.50. The first-order valence-corrected chi connectivity index (χ1v) is 5.67. The molecule has 0 aromatic heterocycles. The Bertz CT molecular complexity index is 385. The Morgan fingerprint density at radius 3 is 2.81 bits per heavy atom. The predicted molar refractivity (Wildman–Crippen MR) is 62.2 cm³/mol. The maximum Gasteiger partial charge on any atom is 0.141 e. The van der Waals surface area contributed by atoms with Crippen LogP contribution in [0.3, 0.4) is 0 Å². The summed E-state index contributed by atoms with van der Waals surface area (Å²) in [5.74, 6) is -0.394. The molecule has 1 aromatic rings. The molecular formula is C12H15ClFNO. The molecular weight excluding hydrogens is 229 g/mol. The van der Waals surface area contributed by atoms with Crippen molar-refractivity contribution in [1.82, 2.24) is 5.32 Å². The summed E-state index contributed by atoms with van der Waals surface area (Å²) in [6.45, 7) is 5.52. The van der Waals surface area contributed by atoms with Crippen LogP contribution in [-0.2, 0) is 4.74 Å². The summed E-state index contributed by atoms with van der Waals surface area (Å²) in [5, 5.41) is 3.52. The lowest BCUT2D eigenvalue weighted by Gasteiger charge is -2.36. The number of morpholine rings is 1. The molecule has 4 heteroatoms. The van der Waals surface area contributed by atoms with Crippen molar-refractivity contribution in [3.05, 3.63) is 34.6 Å². The Balaban J connectivity index is 2.11. The normalized spacial score (nSPS) is 24.4. The lowest BCUT2D eigenvalue weighted by molar-refractivity contribution is -0.0229. The molecule has 1 fully saturated rings. The van der Waals surface area contributed by atoms with Gasteiger partial charge in [-0.15, -0.1) is 0 Å². The Morgan fingerprint density at radius 2 is 2.25 bits per heavy atom. The molecule has 1 atom stereocenters. The largest absolute Gasteiger partial charge is 0.370 e. The molecule has 2 nitrogen and oxygen atoms in total. The fraction of sp³-hybridized carbons (Fsp3) is 0.500. The number of hydrogen-bond acceptors (Lipinski definition) is 2. The molecule has 1 aliphatic heterocycles. The Hall–Kier alpha value is -0.640. The van der Waals surface area contributed by atoms with Crippen LogP contribution in [0.25, 0.3) is 0 Å². The van der Waals surface area contributed by atoms with Crippen molar-refractivity contribution < 1.29 is 9.13 Å². The van der Waals surface area contributed by atoms with Gasteiger partial charge < -0.3 is 10.1 Å². The standard InChI is InChI=1S/C12H15ClFNO/c1-12(2)7-16-11(6-15-12)8-3-4-10(14)9(13)5-8/h3-5,11,15H,6-7H2,1-2H3. The van der Waals surface area contributed by atoms with Gasteiger partial charge in [0.25, 0.3) is 0 Å². The van der Waals surface area contributed by atoms with Crippen molar-refractivity contribution >= 4 is 11.6 Å². The predicted octanol–water partition coefficient (Wildman–Crippen LogP) is 2.92. The number of hydrogen-bond donors (Lipinski definition) is 1. The van der Waals surface area contributed by atoms with Gasteiger partial charge >= 0.3 is 0 Å². The van der Waals surface area contributed by atoms with Gasteiger partial charge in [0.05, 0.1) is 17.7 Å². The number of halogens is 2. The minimum absolute atomic E-state index is 0.000322. The Kier molecular flexibility index (Phi) is 3.19. The lowest BCUT2D eigenvalue weighted by atomic mass is 10.0. The topological polar surface area (TPSA) is 21.3 Å². The first-order chi connectivity index (χ1) is 7.48. The van der Waals surface area contributed by atoms with E-state index >= 15 is 0 Å². The second-order valence-corrected chi connectivity index (χ2v) is 5.15. The van der Waals surface area contributed by atoms with Crippen molar-refractivity contribution in [3.8, 4) is 0 Å². The summed E-state index contributed by atoms with van der Waals surface area (Å²) in [4.78, 5) is 0. The summed E-state index contributed by atoms with van der Waals surface area (Å²) < 4.78 is 18.7. The number of benzene rings is 1. The molecule has 1 aliphatic rings. The molecule has 0 spiro atoms. The van der Waals surface area contributed by atoms with Crippen molar-refractivity contribution in [2.75, 3.05) is 13.2 Å². The highest BCUT2D eigenvalue weighted by atomic mass is 35.5. The third-order valence-electron chi connectivity index (χ3n) is 2.73. The van der Waals surface area contributed by atoms with Gasteiger partial charge in [-0.3, -0.25) is 0 Å². The molecule has 0 saturated carbocycles. The van der Waals surface area contributed by atoms with Gasteiger partial charge in [0, 0.05) is 12.1 Å². The van der Waals surface area contributed by atoms with E-state index in [0.717, 1.165) is 12.1 Å². The summed E-state index contributed by atoms with van der Waals surface area (Å²) in [5.41, 5.74) is 0.912. The van der Waals surface area contributed by atoms with Gasteiger partial charge in [0.15, 0.2) is 0 Å². The molecule has 88 valence electrons. The average molecular weight is 244 g/mol. The second kappa shape index (κ2) is 4.32. The average Bonchev–Trinajstić information content (AvgIpc) is 2.22. The fourth-order valence-corrected chi connectivity index (χ4v) is 1.90. The van der Waals surface area contributed by atoms with E-state index in [0.29, 0.717) is 6.61 Å². The Labute approximate surface area is 99.7 Å². The van der Waals surface area contributed by atoms with Crippen molar-refractivity contribution in [3.63, 3.8) is 0 Å². The zero-order valence-corrected chi connectivity index (χ0v) is 10.1. The summed E-state index contributed by atoms with van der Waals surface area (Å²) in [6, 6.07) is 4.72. The third-order valence-corrected chi connectivity index (χ3v) is 3.02. The number of rotatable bonds is 1. The van der Waals surface area contributed by atoms with Crippen LogP contribution in [0.15, 0.2) is 18.2 Å². The van der Waals surface area contributed by atoms with Crippen LogP contribution < -0.4 is 5.32 Å². The molecule has 16 heavy (non-hydrogen) atoms. The molecule has 1 N–H and O–H groups in total. The summed E-state index contributed by atoms with van der Waals surface area (Å²) in [6.07, 6.45) is -0.0499. The highest BCUT2D eigenvalue weighted by Crippen LogP contribution is 2.26. The van der Waals surface area contributed by atoms with E-state index in [2.05, 4.69) is 19.2 Å². The molecule has 1 aromatic carbocycles. The zero-order chi connectivity index (χ0) is 11.8. The molecule has 1 unspecified atom stereocenters. The van der Waals surface area contributed by atoms with Crippen LogP contribution in [0, 0.1) is 5.82 Å². The maximum atomic E-state index is 13.0. The van der Waals surface area contributed by atoms with Crippen LogP contribution in [0.2, 0.25) is 5.02 Å². The fourth-order valence-electron chi connectivity index (χ4n) is 1.71. The van der Waals surface area contributed by atoms with Gasteiger partial charge in [-0.25, -0.2) is 4.39 Å². The number of ether oxygens (including phenoxy) is 1. The van der Waals surface area contributed by atoms with E-state index < -0.39 is 5.82 Å². The SMILES string of the molecule is CC1(C)COC(c2ccc(F)c(Cl)c2)CN1. The molecule has 0 bridgehead atoms. The van der Waals surface area contributed by atoms with Gasteiger partial charge in [-0.1, -0.05) is 17.7 Å². The van der Waals surface area contributed by atoms with E-state index in [1.54, 1.807) is 12.1 Å². The zero-order valence-electron chi connectivity index (χ0n) is 9.39. The monoisotopic (exact) mass is 243 g/mol. The minimum Gasteiger partial charge on any atom is -0.370 e. The van der Waals surface area contributed by atoms with Crippen LogP contribution in [0.4, 0.5) is 4.39 Å². The highest BCUT2D eigenvalue weighted by molar-refractivity contribution is 6.30. The molecule has 0 aliphatic carbocycles. The van der Waals surface area contributed by atoms with E-state index in [1.807, 2.05) is 0 Å².